The molecule has 1 aliphatic carbocycles. The van der Waals surface area contributed by atoms with Crippen molar-refractivity contribution in [1.29, 1.82) is 0 Å². The van der Waals surface area contributed by atoms with E-state index < -0.39 is 0 Å². The Kier molecular flexibility index (Phi) is 3.48. The minimum atomic E-state index is 0.115. The lowest BCUT2D eigenvalue weighted by atomic mass is 9.75. The number of amides is 1. The molecule has 0 saturated heterocycles. The average Bonchev–Trinajstić information content (AvgIpc) is 3.18. The molecule has 0 spiro atoms. The maximum Gasteiger partial charge on any atom is 0.226 e. The highest BCUT2D eigenvalue weighted by Gasteiger charge is 2.34. The van der Waals surface area contributed by atoms with E-state index in [4.69, 9.17) is 4.42 Å². The van der Waals surface area contributed by atoms with E-state index in [1.54, 1.807) is 6.26 Å². The van der Waals surface area contributed by atoms with Crippen LogP contribution in [0.1, 0.15) is 55.8 Å². The van der Waals surface area contributed by atoms with Crippen molar-refractivity contribution >= 4 is 11.7 Å². The van der Waals surface area contributed by atoms with Crippen LogP contribution in [0, 0.1) is 5.92 Å². The molecule has 1 aliphatic heterocycles. The molecule has 2 aromatic rings. The lowest BCUT2D eigenvalue weighted by Crippen LogP contribution is -2.29. The molecule has 1 saturated carbocycles. The fraction of sp³-hybridized carbons (Fsp3) is 0.529. The maximum atomic E-state index is 12.2. The quantitative estimate of drug-likeness (QED) is 0.943. The van der Waals surface area contributed by atoms with Gasteiger partial charge in [0.15, 0.2) is 0 Å². The molecular formula is C17H21N3O2. The van der Waals surface area contributed by atoms with Crippen LogP contribution in [0.5, 0.6) is 0 Å². The highest BCUT2D eigenvalue weighted by Crippen LogP contribution is 2.43. The summed E-state index contributed by atoms with van der Waals surface area (Å²) in [5, 5.41) is 7.50. The Morgan fingerprint density at radius 2 is 2.18 bits per heavy atom. The molecule has 2 aromatic heterocycles. The number of hydrogen-bond acceptors (Lipinski definition) is 3. The van der Waals surface area contributed by atoms with Crippen LogP contribution in [-0.2, 0) is 11.3 Å². The van der Waals surface area contributed by atoms with Crippen molar-refractivity contribution in [1.82, 2.24) is 9.78 Å². The Bertz CT molecular complexity index is 654. The number of nitrogens with zero attached hydrogens (tertiary/aromatic N) is 2. The Labute approximate surface area is 129 Å². The molecule has 22 heavy (non-hydrogen) atoms. The third-order valence-electron chi connectivity index (χ3n) is 5.03. The fourth-order valence-electron chi connectivity index (χ4n) is 3.93. The minimum absolute atomic E-state index is 0.115. The summed E-state index contributed by atoms with van der Waals surface area (Å²) in [6.07, 6.45) is 10.6. The Morgan fingerprint density at radius 1 is 1.32 bits per heavy atom. The molecular weight excluding hydrogens is 278 g/mol. The van der Waals surface area contributed by atoms with Gasteiger partial charge in [0.1, 0.15) is 18.1 Å². The molecule has 116 valence electrons. The zero-order valence-electron chi connectivity index (χ0n) is 12.6. The third kappa shape index (κ3) is 2.45. The Hall–Kier alpha value is -2.04. The fourth-order valence-corrected chi connectivity index (χ4v) is 3.93. The summed E-state index contributed by atoms with van der Waals surface area (Å²) in [6, 6.07) is 3.80. The molecule has 0 bridgehead atoms. The summed E-state index contributed by atoms with van der Waals surface area (Å²) < 4.78 is 7.24. The number of nitrogens with one attached hydrogen (secondary N) is 1. The monoisotopic (exact) mass is 299 g/mol. The molecule has 0 aromatic carbocycles. The van der Waals surface area contributed by atoms with Crippen LogP contribution in [0.2, 0.25) is 0 Å². The molecule has 1 unspecified atom stereocenters. The summed E-state index contributed by atoms with van der Waals surface area (Å²) in [6.45, 7) is 0.556. The molecule has 1 atom stereocenters. The number of carbonyl (C=O) groups excluding carboxylic acids is 1. The lowest BCUT2D eigenvalue weighted by molar-refractivity contribution is -0.117. The summed E-state index contributed by atoms with van der Waals surface area (Å²) in [5.41, 5.74) is 1.21. The van der Waals surface area contributed by atoms with E-state index in [-0.39, 0.29) is 5.91 Å². The summed E-state index contributed by atoms with van der Waals surface area (Å²) in [4.78, 5) is 12.2. The molecule has 4 rings (SSSR count). The minimum Gasteiger partial charge on any atom is -0.467 e. The van der Waals surface area contributed by atoms with Crippen LogP contribution >= 0.6 is 0 Å². The first-order valence-electron chi connectivity index (χ1n) is 8.19. The standard InChI is InChI=1S/C17H21N3O2/c21-16-9-14(12-5-2-1-3-6-12)15-10-18-20(17(15)19-16)11-13-7-4-8-22-13/h4,7-8,10,12,14H,1-3,5-6,9,11H2,(H,19,21). The number of fused-ring (bicyclic) bond motifs is 1. The molecule has 1 N–H and O–H groups in total. The van der Waals surface area contributed by atoms with Gasteiger partial charge in [-0.25, -0.2) is 4.68 Å². The van der Waals surface area contributed by atoms with Crippen LogP contribution in [-0.4, -0.2) is 15.7 Å². The molecule has 0 radical (unpaired) electrons. The van der Waals surface area contributed by atoms with E-state index >= 15 is 0 Å². The largest absolute Gasteiger partial charge is 0.467 e. The average molecular weight is 299 g/mol. The highest BCUT2D eigenvalue weighted by molar-refractivity contribution is 5.93. The van der Waals surface area contributed by atoms with Gasteiger partial charge in [-0.2, -0.15) is 5.10 Å². The molecule has 1 fully saturated rings. The van der Waals surface area contributed by atoms with Crippen molar-refractivity contribution in [2.75, 3.05) is 5.32 Å². The second-order valence-electron chi connectivity index (χ2n) is 6.44. The van der Waals surface area contributed by atoms with Gasteiger partial charge in [-0.05, 0) is 30.9 Å². The molecule has 5 heteroatoms. The van der Waals surface area contributed by atoms with Gasteiger partial charge in [-0.3, -0.25) is 4.79 Å². The number of carbonyl (C=O) groups is 1. The van der Waals surface area contributed by atoms with Crippen LogP contribution in [0.25, 0.3) is 0 Å². The number of hydrogen-bond donors (Lipinski definition) is 1. The van der Waals surface area contributed by atoms with E-state index in [0.717, 1.165) is 11.6 Å². The first-order valence-corrected chi connectivity index (χ1v) is 8.19. The topological polar surface area (TPSA) is 60.1 Å². The first-order chi connectivity index (χ1) is 10.8. The van der Waals surface area contributed by atoms with Crippen LogP contribution < -0.4 is 5.32 Å². The van der Waals surface area contributed by atoms with E-state index in [9.17, 15) is 4.79 Å². The van der Waals surface area contributed by atoms with E-state index in [2.05, 4.69) is 10.4 Å². The second-order valence-corrected chi connectivity index (χ2v) is 6.44. The normalized spacial score (nSPS) is 22.4. The van der Waals surface area contributed by atoms with Gasteiger partial charge in [-0.1, -0.05) is 19.3 Å². The van der Waals surface area contributed by atoms with Crippen molar-refractivity contribution in [3.05, 3.63) is 35.9 Å². The number of rotatable bonds is 3. The van der Waals surface area contributed by atoms with Crippen LogP contribution in [0.3, 0.4) is 0 Å². The second kappa shape index (κ2) is 5.63. The van der Waals surface area contributed by atoms with Crippen molar-refractivity contribution in [3.8, 4) is 0 Å². The van der Waals surface area contributed by atoms with Crippen LogP contribution in [0.15, 0.2) is 29.0 Å². The van der Waals surface area contributed by atoms with Gasteiger partial charge in [-0.15, -0.1) is 0 Å². The van der Waals surface area contributed by atoms with E-state index in [1.165, 1.54) is 37.7 Å². The smallest absolute Gasteiger partial charge is 0.226 e. The molecule has 2 aliphatic rings. The van der Waals surface area contributed by atoms with Gasteiger partial charge in [0.05, 0.1) is 12.5 Å². The number of anilines is 1. The zero-order chi connectivity index (χ0) is 14.9. The maximum absolute atomic E-state index is 12.2. The van der Waals surface area contributed by atoms with Crippen molar-refractivity contribution in [2.45, 2.75) is 51.0 Å². The van der Waals surface area contributed by atoms with Gasteiger partial charge in [0.25, 0.3) is 0 Å². The molecule has 3 heterocycles. The van der Waals surface area contributed by atoms with Gasteiger partial charge in [0, 0.05) is 17.9 Å². The lowest BCUT2D eigenvalue weighted by Gasteiger charge is -2.32. The van der Waals surface area contributed by atoms with E-state index in [0.29, 0.717) is 24.8 Å². The summed E-state index contributed by atoms with van der Waals surface area (Å²) in [5.74, 6) is 2.78. The Balaban J connectivity index is 1.63. The number of aromatic nitrogens is 2. The predicted octanol–water partition coefficient (Wildman–Crippen LogP) is 3.53. The Morgan fingerprint density at radius 3 is 2.95 bits per heavy atom. The summed E-state index contributed by atoms with van der Waals surface area (Å²) in [7, 11) is 0. The zero-order valence-corrected chi connectivity index (χ0v) is 12.6. The predicted molar refractivity (Wildman–Crippen MR) is 82.6 cm³/mol. The van der Waals surface area contributed by atoms with Gasteiger partial charge >= 0.3 is 0 Å². The van der Waals surface area contributed by atoms with Crippen molar-refractivity contribution in [3.63, 3.8) is 0 Å². The molecule has 5 nitrogen and oxygen atoms in total. The molecule has 1 amide bonds. The van der Waals surface area contributed by atoms with Crippen LogP contribution in [0.4, 0.5) is 5.82 Å². The summed E-state index contributed by atoms with van der Waals surface area (Å²) >= 11 is 0. The van der Waals surface area contributed by atoms with Crippen molar-refractivity contribution < 1.29 is 9.21 Å². The number of furan rings is 1. The van der Waals surface area contributed by atoms with Gasteiger partial charge in [0.2, 0.25) is 5.91 Å². The first kappa shape index (κ1) is 13.6. The third-order valence-corrected chi connectivity index (χ3v) is 5.03. The highest BCUT2D eigenvalue weighted by atomic mass is 16.3. The SMILES string of the molecule is O=C1CC(C2CCCCC2)c2cnn(Cc3ccco3)c2N1. The van der Waals surface area contributed by atoms with Crippen molar-refractivity contribution in [2.24, 2.45) is 5.92 Å². The van der Waals surface area contributed by atoms with Gasteiger partial charge < -0.3 is 9.73 Å². The van der Waals surface area contributed by atoms with E-state index in [1.807, 2.05) is 23.0 Å².